The largest absolute Gasteiger partial charge is 0.466 e. The molecule has 0 saturated heterocycles. The van der Waals surface area contributed by atoms with Gasteiger partial charge < -0.3 is 14.2 Å². The standard InChI is InChI=1S/C21H29NO6/c1-4-7-12-28-18(23)13-17-16-11-9-8-10-15(16)14-21(22-17,19(24)26-5-2)20(25)27-6-3/h8-11,17,22H,4-7,12-14H2,1-3H3. The lowest BCUT2D eigenvalue weighted by atomic mass is 9.80. The molecule has 154 valence electrons. The number of fused-ring (bicyclic) bond motifs is 1. The first-order valence-corrected chi connectivity index (χ1v) is 9.84. The molecule has 1 aromatic carbocycles. The van der Waals surface area contributed by atoms with Crippen molar-refractivity contribution in [2.24, 2.45) is 0 Å². The Morgan fingerprint density at radius 2 is 1.68 bits per heavy atom. The number of carbonyl (C=O) groups excluding carboxylic acids is 3. The summed E-state index contributed by atoms with van der Waals surface area (Å²) in [5.74, 6) is -1.79. The van der Waals surface area contributed by atoms with Crippen LogP contribution >= 0.6 is 0 Å². The highest BCUT2D eigenvalue weighted by atomic mass is 16.6. The minimum atomic E-state index is -1.69. The maximum atomic E-state index is 12.8. The summed E-state index contributed by atoms with van der Waals surface area (Å²) in [6.45, 7) is 5.98. The molecule has 2 rings (SSSR count). The van der Waals surface area contributed by atoms with Crippen LogP contribution < -0.4 is 5.32 Å². The maximum absolute atomic E-state index is 12.8. The Balaban J connectivity index is 2.35. The summed E-state index contributed by atoms with van der Waals surface area (Å²) in [6.07, 6.45) is 1.81. The first-order valence-electron chi connectivity index (χ1n) is 9.84. The van der Waals surface area contributed by atoms with Gasteiger partial charge in [0, 0.05) is 12.5 Å². The van der Waals surface area contributed by atoms with Gasteiger partial charge in [0.2, 0.25) is 5.54 Å². The minimum Gasteiger partial charge on any atom is -0.466 e. The molecule has 1 unspecified atom stereocenters. The van der Waals surface area contributed by atoms with Crippen molar-refractivity contribution in [2.45, 2.75) is 58.0 Å². The van der Waals surface area contributed by atoms with E-state index >= 15 is 0 Å². The zero-order valence-corrected chi connectivity index (χ0v) is 16.8. The molecule has 0 radical (unpaired) electrons. The number of unbranched alkanes of at least 4 members (excludes halogenated alkanes) is 1. The molecular formula is C21H29NO6. The Hall–Kier alpha value is -2.41. The number of hydrogen-bond donors (Lipinski definition) is 1. The lowest BCUT2D eigenvalue weighted by molar-refractivity contribution is -0.168. The highest BCUT2D eigenvalue weighted by Crippen LogP contribution is 2.34. The summed E-state index contributed by atoms with van der Waals surface area (Å²) in [7, 11) is 0. The summed E-state index contributed by atoms with van der Waals surface area (Å²) >= 11 is 0. The summed E-state index contributed by atoms with van der Waals surface area (Å²) in [5, 5.41) is 3.06. The van der Waals surface area contributed by atoms with Crippen LogP contribution in [0.3, 0.4) is 0 Å². The van der Waals surface area contributed by atoms with E-state index in [2.05, 4.69) is 5.32 Å². The number of carbonyl (C=O) groups is 3. The van der Waals surface area contributed by atoms with Crippen LogP contribution in [-0.4, -0.2) is 43.3 Å². The van der Waals surface area contributed by atoms with E-state index in [-0.39, 0.29) is 32.0 Å². The fraction of sp³-hybridized carbons (Fsp3) is 0.571. The van der Waals surface area contributed by atoms with E-state index < -0.39 is 23.5 Å². The molecule has 0 aromatic heterocycles. The highest BCUT2D eigenvalue weighted by Gasteiger charge is 2.53. The first kappa shape index (κ1) is 21.9. The molecule has 1 aliphatic rings. The molecule has 1 aliphatic heterocycles. The van der Waals surface area contributed by atoms with Gasteiger partial charge in [-0.25, -0.2) is 9.59 Å². The summed E-state index contributed by atoms with van der Waals surface area (Å²) in [4.78, 5) is 37.9. The van der Waals surface area contributed by atoms with Gasteiger partial charge in [-0.05, 0) is 31.4 Å². The van der Waals surface area contributed by atoms with Gasteiger partial charge in [0.1, 0.15) is 0 Å². The van der Waals surface area contributed by atoms with E-state index in [0.717, 1.165) is 24.0 Å². The van der Waals surface area contributed by atoms with Crippen LogP contribution in [0.4, 0.5) is 0 Å². The fourth-order valence-corrected chi connectivity index (χ4v) is 3.32. The summed E-state index contributed by atoms with van der Waals surface area (Å²) < 4.78 is 15.6. The zero-order chi connectivity index (χ0) is 20.6. The Kier molecular flexibility index (Phi) is 7.99. The number of hydrogen-bond acceptors (Lipinski definition) is 7. The third-order valence-electron chi connectivity index (χ3n) is 4.69. The van der Waals surface area contributed by atoms with Crippen molar-refractivity contribution in [3.05, 3.63) is 35.4 Å². The van der Waals surface area contributed by atoms with Crippen LogP contribution in [0, 0.1) is 0 Å². The van der Waals surface area contributed by atoms with Crippen LogP contribution in [-0.2, 0) is 35.0 Å². The normalized spacial score (nSPS) is 17.3. The number of ether oxygens (including phenoxy) is 3. The summed E-state index contributed by atoms with van der Waals surface area (Å²) in [5.41, 5.74) is -0.0257. The van der Waals surface area contributed by atoms with Crippen molar-refractivity contribution in [1.29, 1.82) is 0 Å². The molecular weight excluding hydrogens is 362 g/mol. The molecule has 0 spiro atoms. The summed E-state index contributed by atoms with van der Waals surface area (Å²) in [6, 6.07) is 6.86. The number of rotatable bonds is 9. The molecule has 7 heteroatoms. The smallest absolute Gasteiger partial charge is 0.338 e. The van der Waals surface area contributed by atoms with Crippen molar-refractivity contribution in [3.63, 3.8) is 0 Å². The molecule has 1 atom stereocenters. The second-order valence-corrected chi connectivity index (χ2v) is 6.70. The Bertz CT molecular complexity index is 684. The molecule has 7 nitrogen and oxygen atoms in total. The van der Waals surface area contributed by atoms with Crippen LogP contribution in [0.1, 0.15) is 57.2 Å². The van der Waals surface area contributed by atoms with Gasteiger partial charge in [0.15, 0.2) is 0 Å². The number of nitrogens with one attached hydrogen (secondary N) is 1. The Morgan fingerprint density at radius 3 is 2.29 bits per heavy atom. The van der Waals surface area contributed by atoms with E-state index in [9.17, 15) is 14.4 Å². The number of benzene rings is 1. The third-order valence-corrected chi connectivity index (χ3v) is 4.69. The second kappa shape index (κ2) is 10.2. The molecule has 0 saturated carbocycles. The van der Waals surface area contributed by atoms with Crippen molar-refractivity contribution in [1.82, 2.24) is 5.32 Å². The Labute approximate surface area is 165 Å². The van der Waals surface area contributed by atoms with E-state index in [1.165, 1.54) is 0 Å². The van der Waals surface area contributed by atoms with Crippen molar-refractivity contribution >= 4 is 17.9 Å². The predicted molar refractivity (Wildman–Crippen MR) is 103 cm³/mol. The van der Waals surface area contributed by atoms with Crippen LogP contribution in [0.5, 0.6) is 0 Å². The minimum absolute atomic E-state index is 0.00128. The van der Waals surface area contributed by atoms with Crippen molar-refractivity contribution in [3.8, 4) is 0 Å². The van der Waals surface area contributed by atoms with Gasteiger partial charge in [-0.15, -0.1) is 0 Å². The van der Waals surface area contributed by atoms with Crippen molar-refractivity contribution in [2.75, 3.05) is 19.8 Å². The average Bonchev–Trinajstić information content (AvgIpc) is 2.68. The fourth-order valence-electron chi connectivity index (χ4n) is 3.32. The lowest BCUT2D eigenvalue weighted by Crippen LogP contribution is -2.64. The van der Waals surface area contributed by atoms with Crippen LogP contribution in [0.15, 0.2) is 24.3 Å². The third kappa shape index (κ3) is 4.90. The van der Waals surface area contributed by atoms with Crippen LogP contribution in [0.2, 0.25) is 0 Å². The van der Waals surface area contributed by atoms with Gasteiger partial charge in [-0.2, -0.15) is 0 Å². The van der Waals surface area contributed by atoms with Gasteiger partial charge >= 0.3 is 17.9 Å². The lowest BCUT2D eigenvalue weighted by Gasteiger charge is -2.39. The average molecular weight is 391 g/mol. The highest BCUT2D eigenvalue weighted by molar-refractivity contribution is 6.05. The van der Waals surface area contributed by atoms with Gasteiger partial charge in [0.25, 0.3) is 0 Å². The molecule has 0 fully saturated rings. The SMILES string of the molecule is CCCCOC(=O)CC1NC(C(=O)OCC)(C(=O)OCC)Cc2ccccc21. The zero-order valence-electron chi connectivity index (χ0n) is 16.8. The predicted octanol–water partition coefficient (Wildman–Crippen LogP) is 2.47. The molecule has 0 amide bonds. The van der Waals surface area contributed by atoms with E-state index in [1.54, 1.807) is 13.8 Å². The van der Waals surface area contributed by atoms with Gasteiger partial charge in [-0.3, -0.25) is 10.1 Å². The molecule has 0 bridgehead atoms. The molecule has 0 aliphatic carbocycles. The van der Waals surface area contributed by atoms with Crippen molar-refractivity contribution < 1.29 is 28.6 Å². The first-order chi connectivity index (χ1) is 13.5. The quantitative estimate of drug-likeness (QED) is 0.299. The topological polar surface area (TPSA) is 90.9 Å². The molecule has 1 N–H and O–H groups in total. The van der Waals surface area contributed by atoms with E-state index in [1.807, 2.05) is 31.2 Å². The molecule has 1 aromatic rings. The Morgan fingerprint density at radius 1 is 1.04 bits per heavy atom. The second-order valence-electron chi connectivity index (χ2n) is 6.70. The van der Waals surface area contributed by atoms with Gasteiger partial charge in [0.05, 0.1) is 26.2 Å². The number of esters is 3. The maximum Gasteiger partial charge on any atom is 0.338 e. The van der Waals surface area contributed by atoms with E-state index in [0.29, 0.717) is 6.61 Å². The van der Waals surface area contributed by atoms with Gasteiger partial charge in [-0.1, -0.05) is 37.6 Å². The van der Waals surface area contributed by atoms with Crippen LogP contribution in [0.25, 0.3) is 0 Å². The molecule has 28 heavy (non-hydrogen) atoms. The molecule has 1 heterocycles. The monoisotopic (exact) mass is 391 g/mol. The van der Waals surface area contributed by atoms with E-state index in [4.69, 9.17) is 14.2 Å².